The van der Waals surface area contributed by atoms with Gasteiger partial charge < -0.3 is 10.2 Å². The fraction of sp³-hybridized carbons (Fsp3) is 0.600. The van der Waals surface area contributed by atoms with Gasteiger partial charge in [0.15, 0.2) is 0 Å². The van der Waals surface area contributed by atoms with Gasteiger partial charge in [0.05, 0.1) is 12.3 Å². The van der Waals surface area contributed by atoms with E-state index in [1.807, 2.05) is 0 Å². The molecule has 4 nitrogen and oxygen atoms in total. The second-order valence-corrected chi connectivity index (χ2v) is 1.84. The van der Waals surface area contributed by atoms with E-state index >= 15 is 0 Å². The number of aliphatic carboxylic acids is 2. The van der Waals surface area contributed by atoms with Crippen LogP contribution in [0.15, 0.2) is 0 Å². The van der Waals surface area contributed by atoms with Gasteiger partial charge in [0.25, 0.3) is 0 Å². The molecule has 0 aromatic carbocycles. The maximum absolute atomic E-state index is 9.97. The van der Waals surface area contributed by atoms with E-state index in [0.29, 0.717) is 0 Å². The Morgan fingerprint density at radius 1 is 1.40 bits per heavy atom. The first kappa shape index (κ1) is 12.4. The van der Waals surface area contributed by atoms with Crippen molar-refractivity contribution in [3.05, 3.63) is 0 Å². The maximum atomic E-state index is 9.97. The summed E-state index contributed by atoms with van der Waals surface area (Å²) in [4.78, 5) is 19.8. The van der Waals surface area contributed by atoms with Crippen LogP contribution in [-0.4, -0.2) is 22.2 Å². The molecule has 10 heavy (non-hydrogen) atoms. The smallest absolute Gasteiger partial charge is 0.306 e. The maximum Gasteiger partial charge on any atom is 0.306 e. The van der Waals surface area contributed by atoms with Gasteiger partial charge in [-0.3, -0.25) is 9.59 Å². The van der Waals surface area contributed by atoms with Crippen molar-refractivity contribution in [2.75, 3.05) is 0 Å². The number of carboxylic acids is 2. The van der Waals surface area contributed by atoms with Crippen molar-refractivity contribution in [2.45, 2.75) is 13.3 Å². The van der Waals surface area contributed by atoms with Gasteiger partial charge in [-0.15, -0.1) is 0 Å². The third-order valence-corrected chi connectivity index (χ3v) is 0.902. The molecule has 0 heterocycles. The van der Waals surface area contributed by atoms with Crippen molar-refractivity contribution < 1.29 is 42.2 Å². The molecule has 0 spiro atoms. The Morgan fingerprint density at radius 2 is 1.80 bits per heavy atom. The van der Waals surface area contributed by atoms with Crippen LogP contribution < -0.4 is 0 Å². The van der Waals surface area contributed by atoms with Gasteiger partial charge in [-0.25, -0.2) is 0 Å². The molecule has 0 saturated heterocycles. The zero-order chi connectivity index (χ0) is 7.44. The molecule has 0 bridgehead atoms. The Balaban J connectivity index is 0. The van der Waals surface area contributed by atoms with Gasteiger partial charge in [0.1, 0.15) is 0 Å². The minimum Gasteiger partial charge on any atom is -0.481 e. The number of hydrogen-bond donors (Lipinski definition) is 2. The fourth-order valence-electron chi connectivity index (χ4n) is 0.349. The first-order chi connectivity index (χ1) is 4.04. The van der Waals surface area contributed by atoms with Crippen LogP contribution >= 0.6 is 0 Å². The minimum atomic E-state index is -1.08. The number of carboxylic acid groups (broad SMARTS) is 2. The summed E-state index contributed by atoms with van der Waals surface area (Å²) in [5.41, 5.74) is 0. The van der Waals surface area contributed by atoms with Crippen molar-refractivity contribution in [1.82, 2.24) is 0 Å². The molecule has 0 rings (SSSR count). The topological polar surface area (TPSA) is 74.6 Å². The molecule has 0 fully saturated rings. The average molecular weight is 240 g/mol. The Labute approximate surface area is 73.7 Å². The molecule has 0 amide bonds. The third-order valence-electron chi connectivity index (χ3n) is 0.902. The minimum absolute atomic E-state index is 0. The molecule has 0 aliphatic heterocycles. The van der Waals surface area contributed by atoms with E-state index in [0.717, 1.165) is 0 Å². The monoisotopic (exact) mass is 239 g/mol. The molecule has 1 radical (unpaired) electrons. The Bertz CT molecular complexity index is 134. The standard InChI is InChI=1S/C5H8O4.Ag/c1-3(5(8)9)2-4(6)7;/h3H,2H2,1H3,(H,6,7)(H,8,9);. The van der Waals surface area contributed by atoms with Gasteiger partial charge >= 0.3 is 11.9 Å². The Morgan fingerprint density at radius 3 is 1.90 bits per heavy atom. The first-order valence-electron chi connectivity index (χ1n) is 2.48. The second kappa shape index (κ2) is 5.46. The second-order valence-electron chi connectivity index (χ2n) is 1.84. The average Bonchev–Trinajstić information content (AvgIpc) is 1.63. The summed E-state index contributed by atoms with van der Waals surface area (Å²) in [6.07, 6.45) is -0.310. The number of carbonyl (C=O) groups is 2. The molecule has 0 aromatic heterocycles. The number of hydrogen-bond acceptors (Lipinski definition) is 2. The summed E-state index contributed by atoms with van der Waals surface area (Å²) < 4.78 is 0. The third kappa shape index (κ3) is 5.81. The quantitative estimate of drug-likeness (QED) is 0.690. The number of rotatable bonds is 3. The van der Waals surface area contributed by atoms with Crippen LogP contribution in [0.2, 0.25) is 0 Å². The van der Waals surface area contributed by atoms with E-state index in [9.17, 15) is 9.59 Å². The molecule has 0 aliphatic rings. The van der Waals surface area contributed by atoms with Crippen LogP contribution in [-0.2, 0) is 32.0 Å². The van der Waals surface area contributed by atoms with Crippen molar-refractivity contribution in [2.24, 2.45) is 5.92 Å². The van der Waals surface area contributed by atoms with Gasteiger partial charge in [-0.05, 0) is 0 Å². The summed E-state index contributed by atoms with van der Waals surface area (Å²) in [6.45, 7) is 1.36. The van der Waals surface area contributed by atoms with Crippen molar-refractivity contribution in [3.8, 4) is 0 Å². The van der Waals surface area contributed by atoms with E-state index in [1.54, 1.807) is 0 Å². The van der Waals surface area contributed by atoms with E-state index in [-0.39, 0.29) is 28.8 Å². The summed E-state index contributed by atoms with van der Waals surface area (Å²) in [5.74, 6) is -2.94. The molecule has 5 heteroatoms. The normalized spacial score (nSPS) is 11.3. The van der Waals surface area contributed by atoms with Crippen LogP contribution in [0.3, 0.4) is 0 Å². The fourth-order valence-corrected chi connectivity index (χ4v) is 0.349. The van der Waals surface area contributed by atoms with Gasteiger partial charge in [0, 0.05) is 22.4 Å². The van der Waals surface area contributed by atoms with Gasteiger partial charge in [-0.2, -0.15) is 0 Å². The Hall–Kier alpha value is -0.320. The molecular weight excluding hydrogens is 232 g/mol. The predicted molar refractivity (Wildman–Crippen MR) is 29.1 cm³/mol. The van der Waals surface area contributed by atoms with Gasteiger partial charge in [0.2, 0.25) is 0 Å². The van der Waals surface area contributed by atoms with Crippen LogP contribution in [0, 0.1) is 5.92 Å². The molecule has 0 aliphatic carbocycles. The van der Waals surface area contributed by atoms with E-state index in [1.165, 1.54) is 6.92 Å². The van der Waals surface area contributed by atoms with Crippen molar-refractivity contribution in [3.63, 3.8) is 0 Å². The molecular formula is C5H8AgO4. The zero-order valence-electron chi connectivity index (χ0n) is 5.30. The largest absolute Gasteiger partial charge is 0.481 e. The molecule has 0 saturated carbocycles. The summed E-state index contributed by atoms with van der Waals surface area (Å²) >= 11 is 0. The zero-order valence-corrected chi connectivity index (χ0v) is 6.78. The predicted octanol–water partition coefficient (Wildman–Crippen LogP) is 0.179. The molecule has 2 N–H and O–H groups in total. The van der Waals surface area contributed by atoms with Crippen LogP contribution in [0.4, 0.5) is 0 Å². The van der Waals surface area contributed by atoms with Crippen molar-refractivity contribution in [1.29, 1.82) is 0 Å². The summed E-state index contributed by atoms with van der Waals surface area (Å²) in [6, 6.07) is 0. The van der Waals surface area contributed by atoms with E-state index < -0.39 is 17.9 Å². The molecule has 0 aromatic rings. The summed E-state index contributed by atoms with van der Waals surface area (Å²) in [5, 5.41) is 16.2. The van der Waals surface area contributed by atoms with Crippen LogP contribution in [0.1, 0.15) is 13.3 Å². The first-order valence-corrected chi connectivity index (χ1v) is 2.48. The van der Waals surface area contributed by atoms with E-state index in [2.05, 4.69) is 0 Å². The molecule has 1 atom stereocenters. The SMILES string of the molecule is CC(CC(=O)O)C(=O)O.[Ag]. The van der Waals surface area contributed by atoms with Crippen LogP contribution in [0.25, 0.3) is 0 Å². The van der Waals surface area contributed by atoms with Gasteiger partial charge in [-0.1, -0.05) is 6.92 Å². The van der Waals surface area contributed by atoms with E-state index in [4.69, 9.17) is 10.2 Å². The van der Waals surface area contributed by atoms with Crippen LogP contribution in [0.5, 0.6) is 0 Å². The molecule has 63 valence electrons. The van der Waals surface area contributed by atoms with Crippen molar-refractivity contribution >= 4 is 11.9 Å². The summed E-state index contributed by atoms with van der Waals surface area (Å²) in [7, 11) is 0. The molecule has 1 unspecified atom stereocenters. The Kier molecular flexibility index (Phi) is 6.76.